The van der Waals surface area contributed by atoms with Gasteiger partial charge in [0.2, 0.25) is 0 Å². The number of hydrogen-bond donors (Lipinski definition) is 1. The summed E-state index contributed by atoms with van der Waals surface area (Å²) in [6, 6.07) is 8.13. The van der Waals surface area contributed by atoms with Gasteiger partial charge in [-0.15, -0.1) is 24.0 Å². The number of halogens is 1. The Morgan fingerprint density at radius 2 is 2.20 bits per heavy atom. The molecular formula is C19H30IN3O2. The number of nitrogens with one attached hydrogen (secondary N) is 1. The second kappa shape index (κ2) is 9.07. The molecule has 5 nitrogen and oxygen atoms in total. The van der Waals surface area contributed by atoms with Gasteiger partial charge in [0.1, 0.15) is 11.9 Å². The fourth-order valence-electron chi connectivity index (χ4n) is 3.60. The average molecular weight is 459 g/mol. The SMILES string of the molecule is CN=C(NCC(C)Oc1ccccc1C)N1CCC2(CCOC2)C1.I. The van der Waals surface area contributed by atoms with Crippen LogP contribution in [0.5, 0.6) is 5.75 Å². The first-order valence-electron chi connectivity index (χ1n) is 8.87. The molecule has 1 spiro atoms. The first kappa shape index (κ1) is 20.3. The van der Waals surface area contributed by atoms with E-state index in [1.165, 1.54) is 12.8 Å². The maximum absolute atomic E-state index is 6.04. The Hall–Kier alpha value is -1.02. The number of likely N-dealkylation sites (tertiary alicyclic amines) is 1. The van der Waals surface area contributed by atoms with Gasteiger partial charge in [0, 0.05) is 32.2 Å². The number of ether oxygens (including phenoxy) is 2. The topological polar surface area (TPSA) is 46.1 Å². The summed E-state index contributed by atoms with van der Waals surface area (Å²) in [5.41, 5.74) is 1.51. The van der Waals surface area contributed by atoms with Crippen molar-refractivity contribution in [2.45, 2.75) is 32.8 Å². The summed E-state index contributed by atoms with van der Waals surface area (Å²) >= 11 is 0. The molecule has 0 bridgehead atoms. The van der Waals surface area contributed by atoms with Crippen molar-refractivity contribution >= 4 is 29.9 Å². The van der Waals surface area contributed by atoms with Crippen LogP contribution < -0.4 is 10.1 Å². The fourth-order valence-corrected chi connectivity index (χ4v) is 3.60. The quantitative estimate of drug-likeness (QED) is 0.427. The summed E-state index contributed by atoms with van der Waals surface area (Å²) in [5.74, 6) is 1.92. The van der Waals surface area contributed by atoms with Crippen molar-refractivity contribution in [3.05, 3.63) is 29.8 Å². The van der Waals surface area contributed by atoms with Gasteiger partial charge in [-0.25, -0.2) is 0 Å². The number of nitrogens with zero attached hydrogens (tertiary/aromatic N) is 2. The third kappa shape index (κ3) is 5.00. The number of rotatable bonds is 4. The molecule has 0 saturated carbocycles. The van der Waals surface area contributed by atoms with Crippen molar-refractivity contribution < 1.29 is 9.47 Å². The third-order valence-electron chi connectivity index (χ3n) is 5.10. The second-order valence-corrected chi connectivity index (χ2v) is 7.10. The van der Waals surface area contributed by atoms with E-state index in [0.29, 0.717) is 5.41 Å². The molecule has 2 saturated heterocycles. The van der Waals surface area contributed by atoms with Crippen LogP contribution in [0.2, 0.25) is 0 Å². The molecule has 25 heavy (non-hydrogen) atoms. The fraction of sp³-hybridized carbons (Fsp3) is 0.632. The highest BCUT2D eigenvalue weighted by atomic mass is 127. The molecule has 2 fully saturated rings. The molecule has 0 amide bonds. The van der Waals surface area contributed by atoms with E-state index in [1.54, 1.807) is 0 Å². The van der Waals surface area contributed by atoms with E-state index in [-0.39, 0.29) is 30.1 Å². The Labute approximate surface area is 168 Å². The number of benzene rings is 1. The van der Waals surface area contributed by atoms with Gasteiger partial charge in [0.15, 0.2) is 5.96 Å². The van der Waals surface area contributed by atoms with Gasteiger partial charge < -0.3 is 19.7 Å². The van der Waals surface area contributed by atoms with Crippen molar-refractivity contribution in [1.29, 1.82) is 0 Å². The van der Waals surface area contributed by atoms with Crippen LogP contribution in [0.25, 0.3) is 0 Å². The van der Waals surface area contributed by atoms with Crippen LogP contribution in [0.3, 0.4) is 0 Å². The smallest absolute Gasteiger partial charge is 0.193 e. The van der Waals surface area contributed by atoms with Crippen LogP contribution in [-0.2, 0) is 4.74 Å². The third-order valence-corrected chi connectivity index (χ3v) is 5.10. The van der Waals surface area contributed by atoms with Crippen molar-refractivity contribution in [2.75, 3.05) is 39.9 Å². The lowest BCUT2D eigenvalue weighted by Gasteiger charge is -2.26. The van der Waals surface area contributed by atoms with E-state index in [2.05, 4.69) is 35.1 Å². The molecule has 2 aliphatic rings. The van der Waals surface area contributed by atoms with Crippen LogP contribution >= 0.6 is 24.0 Å². The van der Waals surface area contributed by atoms with Crippen LogP contribution in [0.4, 0.5) is 0 Å². The van der Waals surface area contributed by atoms with Crippen molar-refractivity contribution in [2.24, 2.45) is 10.4 Å². The van der Waals surface area contributed by atoms with Gasteiger partial charge in [-0.2, -0.15) is 0 Å². The lowest BCUT2D eigenvalue weighted by atomic mass is 9.87. The Morgan fingerprint density at radius 1 is 1.40 bits per heavy atom. The molecule has 6 heteroatoms. The molecule has 0 aromatic heterocycles. The number of guanidine groups is 1. The first-order valence-corrected chi connectivity index (χ1v) is 8.87. The molecule has 140 valence electrons. The highest BCUT2D eigenvalue weighted by molar-refractivity contribution is 14.0. The van der Waals surface area contributed by atoms with E-state index in [0.717, 1.165) is 50.1 Å². The average Bonchev–Trinajstić information content (AvgIpc) is 3.21. The molecule has 1 N–H and O–H groups in total. The van der Waals surface area contributed by atoms with E-state index >= 15 is 0 Å². The number of hydrogen-bond acceptors (Lipinski definition) is 3. The molecule has 3 rings (SSSR count). The van der Waals surface area contributed by atoms with Crippen LogP contribution in [0.1, 0.15) is 25.3 Å². The first-order chi connectivity index (χ1) is 11.6. The number of aryl methyl sites for hydroxylation is 1. The highest BCUT2D eigenvalue weighted by Gasteiger charge is 2.42. The van der Waals surface area contributed by atoms with Gasteiger partial charge in [-0.1, -0.05) is 18.2 Å². The second-order valence-electron chi connectivity index (χ2n) is 7.10. The maximum atomic E-state index is 6.04. The molecule has 0 aliphatic carbocycles. The lowest BCUT2D eigenvalue weighted by molar-refractivity contribution is 0.156. The van der Waals surface area contributed by atoms with Gasteiger partial charge in [0.25, 0.3) is 0 Å². The minimum Gasteiger partial charge on any atom is -0.489 e. The lowest BCUT2D eigenvalue weighted by Crippen LogP contribution is -2.44. The summed E-state index contributed by atoms with van der Waals surface area (Å²) in [7, 11) is 1.85. The van der Waals surface area contributed by atoms with Crippen LogP contribution in [0.15, 0.2) is 29.3 Å². The molecule has 2 unspecified atom stereocenters. The van der Waals surface area contributed by atoms with E-state index < -0.39 is 0 Å². The molecule has 0 radical (unpaired) electrons. The Bertz CT molecular complexity index is 588. The van der Waals surface area contributed by atoms with Crippen LogP contribution in [0, 0.1) is 12.3 Å². The minimum absolute atomic E-state index is 0. The zero-order valence-electron chi connectivity index (χ0n) is 15.5. The molecule has 1 aromatic carbocycles. The zero-order valence-corrected chi connectivity index (χ0v) is 17.8. The van der Waals surface area contributed by atoms with E-state index in [4.69, 9.17) is 9.47 Å². The van der Waals surface area contributed by atoms with E-state index in [1.807, 2.05) is 25.2 Å². The predicted octanol–water partition coefficient (Wildman–Crippen LogP) is 3.07. The zero-order chi connectivity index (χ0) is 17.0. The van der Waals surface area contributed by atoms with E-state index in [9.17, 15) is 0 Å². The predicted molar refractivity (Wildman–Crippen MR) is 112 cm³/mol. The molecule has 2 heterocycles. The Kier molecular flexibility index (Phi) is 7.37. The summed E-state index contributed by atoms with van der Waals surface area (Å²) in [5, 5.41) is 3.47. The molecule has 1 aromatic rings. The van der Waals surface area contributed by atoms with Crippen molar-refractivity contribution in [1.82, 2.24) is 10.2 Å². The molecular weight excluding hydrogens is 429 g/mol. The normalized spacial score (nSPS) is 24.3. The summed E-state index contributed by atoms with van der Waals surface area (Å²) in [6.45, 7) is 8.79. The van der Waals surface area contributed by atoms with Crippen molar-refractivity contribution in [3.8, 4) is 5.75 Å². The highest BCUT2D eigenvalue weighted by Crippen LogP contribution is 2.38. The summed E-state index contributed by atoms with van der Waals surface area (Å²) in [6.07, 6.45) is 2.45. The number of aliphatic imine (C=N–C) groups is 1. The summed E-state index contributed by atoms with van der Waals surface area (Å²) in [4.78, 5) is 6.81. The van der Waals surface area contributed by atoms with Crippen molar-refractivity contribution in [3.63, 3.8) is 0 Å². The molecule has 2 atom stereocenters. The monoisotopic (exact) mass is 459 g/mol. The standard InChI is InChI=1S/C19H29N3O2.HI/c1-15-6-4-5-7-17(15)24-16(2)12-21-18(20-3)22-10-8-19(13-22)9-11-23-14-19;/h4-7,16H,8-14H2,1-3H3,(H,20,21);1H. The summed E-state index contributed by atoms with van der Waals surface area (Å²) < 4.78 is 11.7. The Balaban J connectivity index is 0.00000225. The largest absolute Gasteiger partial charge is 0.489 e. The van der Waals surface area contributed by atoms with Gasteiger partial charge in [-0.3, -0.25) is 4.99 Å². The van der Waals surface area contributed by atoms with Gasteiger partial charge in [0.05, 0.1) is 13.2 Å². The minimum atomic E-state index is 0. The Morgan fingerprint density at radius 3 is 2.88 bits per heavy atom. The number of para-hydroxylation sites is 1. The van der Waals surface area contributed by atoms with Gasteiger partial charge in [-0.05, 0) is 38.3 Å². The molecule has 2 aliphatic heterocycles. The maximum Gasteiger partial charge on any atom is 0.193 e. The van der Waals surface area contributed by atoms with Crippen LogP contribution in [-0.4, -0.2) is 56.9 Å². The van der Waals surface area contributed by atoms with Gasteiger partial charge >= 0.3 is 0 Å².